The van der Waals surface area contributed by atoms with E-state index in [1.54, 1.807) is 7.05 Å². The maximum absolute atomic E-state index is 13.5. The zero-order valence-corrected chi connectivity index (χ0v) is 10.5. The van der Waals surface area contributed by atoms with Crippen molar-refractivity contribution in [3.8, 4) is 0 Å². The van der Waals surface area contributed by atoms with Gasteiger partial charge in [0.15, 0.2) is 0 Å². The van der Waals surface area contributed by atoms with Crippen LogP contribution >= 0.6 is 0 Å². The quantitative estimate of drug-likeness (QED) is 0.819. The number of carbonyl (C=O) groups is 1. The predicted octanol–water partition coefficient (Wildman–Crippen LogP) is 2.53. The lowest BCUT2D eigenvalue weighted by Crippen LogP contribution is -2.29. The number of hydrogen-bond acceptors (Lipinski definition) is 2. The highest BCUT2D eigenvalue weighted by molar-refractivity contribution is 5.94. The highest BCUT2D eigenvalue weighted by Gasteiger charge is 2.16. The zero-order chi connectivity index (χ0) is 13.0. The Hall–Kier alpha value is -1.58. The van der Waals surface area contributed by atoms with Crippen molar-refractivity contribution in [2.45, 2.75) is 20.3 Å². The van der Waals surface area contributed by atoms with Gasteiger partial charge in [-0.3, -0.25) is 4.79 Å². The third-order valence-electron chi connectivity index (χ3n) is 2.61. The van der Waals surface area contributed by atoms with Crippen LogP contribution in [0.1, 0.15) is 30.6 Å². The van der Waals surface area contributed by atoms with E-state index in [2.05, 4.69) is 13.8 Å². The Bertz CT molecular complexity index is 404. The van der Waals surface area contributed by atoms with Crippen LogP contribution in [-0.4, -0.2) is 24.4 Å². The van der Waals surface area contributed by atoms with Gasteiger partial charge in [-0.25, -0.2) is 4.39 Å². The average molecular weight is 238 g/mol. The van der Waals surface area contributed by atoms with Gasteiger partial charge < -0.3 is 10.6 Å². The van der Waals surface area contributed by atoms with Crippen molar-refractivity contribution < 1.29 is 9.18 Å². The Labute approximate surface area is 101 Å². The molecular weight excluding hydrogens is 219 g/mol. The molecule has 0 aliphatic carbocycles. The first kappa shape index (κ1) is 13.5. The molecule has 0 fully saturated rings. The molecule has 0 radical (unpaired) electrons. The third-order valence-corrected chi connectivity index (χ3v) is 2.61. The highest BCUT2D eigenvalue weighted by Crippen LogP contribution is 2.14. The highest BCUT2D eigenvalue weighted by atomic mass is 19.1. The van der Waals surface area contributed by atoms with Crippen LogP contribution in [0.15, 0.2) is 18.2 Å². The number of anilines is 1. The van der Waals surface area contributed by atoms with E-state index in [1.807, 2.05) is 0 Å². The molecule has 0 unspecified atom stereocenters. The summed E-state index contributed by atoms with van der Waals surface area (Å²) >= 11 is 0. The summed E-state index contributed by atoms with van der Waals surface area (Å²) in [4.78, 5) is 13.5. The molecule has 0 atom stereocenters. The number of rotatable bonds is 4. The summed E-state index contributed by atoms with van der Waals surface area (Å²) in [7, 11) is 1.68. The topological polar surface area (TPSA) is 46.3 Å². The minimum absolute atomic E-state index is 0.0745. The number of amides is 1. The minimum Gasteiger partial charge on any atom is -0.399 e. The molecule has 1 aromatic rings. The van der Waals surface area contributed by atoms with Crippen molar-refractivity contribution in [3.63, 3.8) is 0 Å². The van der Waals surface area contributed by atoms with Crippen LogP contribution in [0.5, 0.6) is 0 Å². The standard InChI is InChI=1S/C13H19FN2O/c1-9(2)6-7-16(3)13(17)11-5-4-10(15)8-12(11)14/h4-5,8-9H,6-7,15H2,1-3H3. The van der Waals surface area contributed by atoms with Gasteiger partial charge in [0.25, 0.3) is 5.91 Å². The molecule has 0 aliphatic rings. The van der Waals surface area contributed by atoms with Crippen LogP contribution in [0.25, 0.3) is 0 Å². The minimum atomic E-state index is -0.564. The van der Waals surface area contributed by atoms with Gasteiger partial charge in [-0.05, 0) is 30.5 Å². The Morgan fingerprint density at radius 1 is 1.47 bits per heavy atom. The zero-order valence-electron chi connectivity index (χ0n) is 10.5. The summed E-state index contributed by atoms with van der Waals surface area (Å²) in [6.07, 6.45) is 0.902. The van der Waals surface area contributed by atoms with Gasteiger partial charge in [0.1, 0.15) is 5.82 Å². The molecule has 1 rings (SSSR count). The first-order valence-electron chi connectivity index (χ1n) is 5.72. The molecular formula is C13H19FN2O. The lowest BCUT2D eigenvalue weighted by atomic mass is 10.1. The van der Waals surface area contributed by atoms with E-state index in [-0.39, 0.29) is 11.5 Å². The Morgan fingerprint density at radius 3 is 2.65 bits per heavy atom. The maximum Gasteiger partial charge on any atom is 0.256 e. The molecule has 4 heteroatoms. The van der Waals surface area contributed by atoms with Crippen LogP contribution in [0.4, 0.5) is 10.1 Å². The van der Waals surface area contributed by atoms with E-state index in [4.69, 9.17) is 5.73 Å². The van der Waals surface area contributed by atoms with E-state index in [9.17, 15) is 9.18 Å². The second-order valence-corrected chi connectivity index (χ2v) is 4.65. The van der Waals surface area contributed by atoms with E-state index in [1.165, 1.54) is 23.1 Å². The maximum atomic E-state index is 13.5. The van der Waals surface area contributed by atoms with Gasteiger partial charge in [-0.1, -0.05) is 13.8 Å². The molecule has 0 saturated carbocycles. The SMILES string of the molecule is CC(C)CCN(C)C(=O)c1ccc(N)cc1F. The van der Waals surface area contributed by atoms with Crippen LogP contribution in [0.2, 0.25) is 0 Å². The summed E-state index contributed by atoms with van der Waals surface area (Å²) in [5.41, 5.74) is 5.83. The second kappa shape index (κ2) is 5.66. The summed E-state index contributed by atoms with van der Waals surface area (Å²) in [6, 6.07) is 4.13. The number of halogens is 1. The molecule has 1 amide bonds. The molecule has 0 heterocycles. The van der Waals surface area contributed by atoms with Crippen molar-refractivity contribution in [2.75, 3.05) is 19.3 Å². The van der Waals surface area contributed by atoms with Gasteiger partial charge in [-0.2, -0.15) is 0 Å². The fourth-order valence-electron chi connectivity index (χ4n) is 1.46. The fourth-order valence-corrected chi connectivity index (χ4v) is 1.46. The smallest absolute Gasteiger partial charge is 0.256 e. The van der Waals surface area contributed by atoms with E-state index < -0.39 is 5.82 Å². The first-order valence-corrected chi connectivity index (χ1v) is 5.72. The molecule has 0 bridgehead atoms. The molecule has 0 spiro atoms. The Kier molecular flexibility index (Phi) is 4.49. The van der Waals surface area contributed by atoms with Crippen molar-refractivity contribution in [3.05, 3.63) is 29.6 Å². The number of hydrogen-bond donors (Lipinski definition) is 1. The number of nitrogens with zero attached hydrogens (tertiary/aromatic N) is 1. The molecule has 0 aliphatic heterocycles. The lowest BCUT2D eigenvalue weighted by Gasteiger charge is -2.18. The van der Waals surface area contributed by atoms with Crippen molar-refractivity contribution in [1.82, 2.24) is 4.90 Å². The van der Waals surface area contributed by atoms with Gasteiger partial charge in [0.2, 0.25) is 0 Å². The van der Waals surface area contributed by atoms with Crippen molar-refractivity contribution >= 4 is 11.6 Å². The monoisotopic (exact) mass is 238 g/mol. The number of nitrogens with two attached hydrogens (primary N) is 1. The van der Waals surface area contributed by atoms with Crippen molar-refractivity contribution in [1.29, 1.82) is 0 Å². The van der Waals surface area contributed by atoms with E-state index in [0.29, 0.717) is 18.2 Å². The second-order valence-electron chi connectivity index (χ2n) is 4.65. The Balaban J connectivity index is 2.75. The van der Waals surface area contributed by atoms with Crippen LogP contribution in [0.3, 0.4) is 0 Å². The predicted molar refractivity (Wildman–Crippen MR) is 67.2 cm³/mol. The molecule has 0 aromatic heterocycles. The summed E-state index contributed by atoms with van der Waals surface area (Å²) in [5.74, 6) is -0.351. The molecule has 3 nitrogen and oxygen atoms in total. The third kappa shape index (κ3) is 3.73. The normalized spacial score (nSPS) is 10.6. The van der Waals surface area contributed by atoms with Gasteiger partial charge in [-0.15, -0.1) is 0 Å². The molecule has 2 N–H and O–H groups in total. The largest absolute Gasteiger partial charge is 0.399 e. The fraction of sp³-hybridized carbons (Fsp3) is 0.462. The van der Waals surface area contributed by atoms with Crippen molar-refractivity contribution in [2.24, 2.45) is 5.92 Å². The molecule has 1 aromatic carbocycles. The van der Waals surface area contributed by atoms with E-state index >= 15 is 0 Å². The molecule has 17 heavy (non-hydrogen) atoms. The number of benzene rings is 1. The van der Waals surface area contributed by atoms with Gasteiger partial charge in [0.05, 0.1) is 5.56 Å². The van der Waals surface area contributed by atoms with E-state index in [0.717, 1.165) is 6.42 Å². The number of nitrogen functional groups attached to an aromatic ring is 1. The van der Waals surface area contributed by atoms with Crippen LogP contribution < -0.4 is 5.73 Å². The lowest BCUT2D eigenvalue weighted by molar-refractivity contribution is 0.0784. The number of carbonyl (C=O) groups excluding carboxylic acids is 1. The summed E-state index contributed by atoms with van der Waals surface area (Å²) < 4.78 is 13.5. The first-order chi connectivity index (χ1) is 7.91. The summed E-state index contributed by atoms with van der Waals surface area (Å²) in [6.45, 7) is 4.80. The summed E-state index contributed by atoms with van der Waals surface area (Å²) in [5, 5.41) is 0. The molecule has 94 valence electrons. The van der Waals surface area contributed by atoms with Gasteiger partial charge in [0, 0.05) is 19.3 Å². The Morgan fingerprint density at radius 2 is 2.12 bits per heavy atom. The van der Waals surface area contributed by atoms with Gasteiger partial charge >= 0.3 is 0 Å². The molecule has 0 saturated heterocycles. The average Bonchev–Trinajstić information content (AvgIpc) is 2.25. The van der Waals surface area contributed by atoms with Crippen LogP contribution in [0, 0.1) is 11.7 Å². The van der Waals surface area contributed by atoms with Crippen LogP contribution in [-0.2, 0) is 0 Å².